The third kappa shape index (κ3) is 4.40. The van der Waals surface area contributed by atoms with E-state index in [1.54, 1.807) is 4.90 Å². The number of carbonyl (C=O) groups excluding carboxylic acids is 1. The van der Waals surface area contributed by atoms with Gasteiger partial charge in [-0.3, -0.25) is 0 Å². The number of benzene rings is 1. The molecule has 0 fully saturated rings. The van der Waals surface area contributed by atoms with Gasteiger partial charge in [-0.05, 0) is 18.4 Å². The van der Waals surface area contributed by atoms with E-state index < -0.39 is 0 Å². The molecule has 0 spiro atoms. The van der Waals surface area contributed by atoms with Crippen LogP contribution in [0.1, 0.15) is 32.3 Å². The van der Waals surface area contributed by atoms with Crippen LogP contribution in [0.15, 0.2) is 30.3 Å². The van der Waals surface area contributed by atoms with Gasteiger partial charge in [-0.1, -0.05) is 44.2 Å². The fraction of sp³-hybridized carbons (Fsp3) is 0.533. The lowest BCUT2D eigenvalue weighted by atomic mass is 10.2. The number of amides is 2. The van der Waals surface area contributed by atoms with Crippen LogP contribution in [0.4, 0.5) is 4.79 Å². The predicted molar refractivity (Wildman–Crippen MR) is 75.5 cm³/mol. The molecular weight excluding hydrogens is 224 g/mol. The van der Waals surface area contributed by atoms with Crippen LogP contribution in [0.2, 0.25) is 0 Å². The highest BCUT2D eigenvalue weighted by atomic mass is 16.2. The Morgan fingerprint density at radius 2 is 1.61 bits per heavy atom. The van der Waals surface area contributed by atoms with Crippen molar-refractivity contribution >= 4 is 6.03 Å². The van der Waals surface area contributed by atoms with Crippen molar-refractivity contribution in [2.45, 2.75) is 33.2 Å². The van der Waals surface area contributed by atoms with E-state index in [0.717, 1.165) is 25.9 Å². The van der Waals surface area contributed by atoms with Gasteiger partial charge in [0.2, 0.25) is 0 Å². The fourth-order valence-electron chi connectivity index (χ4n) is 2.01. The maximum Gasteiger partial charge on any atom is 0.320 e. The van der Waals surface area contributed by atoms with E-state index in [-0.39, 0.29) is 6.03 Å². The summed E-state index contributed by atoms with van der Waals surface area (Å²) in [5.41, 5.74) is 1.17. The van der Waals surface area contributed by atoms with Crippen molar-refractivity contribution < 1.29 is 4.79 Å². The number of nitrogens with zero attached hydrogens (tertiary/aromatic N) is 2. The summed E-state index contributed by atoms with van der Waals surface area (Å²) in [6.07, 6.45) is 2.01. The average Bonchev–Trinajstić information content (AvgIpc) is 2.39. The Morgan fingerprint density at radius 1 is 1.06 bits per heavy atom. The van der Waals surface area contributed by atoms with Crippen molar-refractivity contribution in [3.63, 3.8) is 0 Å². The number of urea groups is 1. The van der Waals surface area contributed by atoms with Gasteiger partial charge in [0.05, 0.1) is 0 Å². The molecule has 3 nitrogen and oxygen atoms in total. The summed E-state index contributed by atoms with van der Waals surface area (Å²) in [5.74, 6) is 0. The SMILES string of the molecule is CCCN(CCC)C(=O)N(C)Cc1ccccc1. The molecular formula is C15H24N2O. The van der Waals surface area contributed by atoms with Gasteiger partial charge in [-0.25, -0.2) is 4.79 Å². The summed E-state index contributed by atoms with van der Waals surface area (Å²) in [6, 6.07) is 10.2. The Hall–Kier alpha value is -1.51. The molecule has 0 aliphatic heterocycles. The molecule has 100 valence electrons. The summed E-state index contributed by atoms with van der Waals surface area (Å²) in [6.45, 7) is 6.56. The smallest absolute Gasteiger partial charge is 0.320 e. The molecule has 1 rings (SSSR count). The monoisotopic (exact) mass is 248 g/mol. The number of carbonyl (C=O) groups is 1. The first kappa shape index (κ1) is 14.6. The molecule has 1 aromatic rings. The zero-order chi connectivity index (χ0) is 13.4. The van der Waals surface area contributed by atoms with Gasteiger partial charge in [-0.15, -0.1) is 0 Å². The molecule has 0 saturated carbocycles. The van der Waals surface area contributed by atoms with Gasteiger partial charge in [0.1, 0.15) is 0 Å². The van der Waals surface area contributed by atoms with E-state index in [4.69, 9.17) is 0 Å². The molecule has 0 bridgehead atoms. The molecule has 2 amide bonds. The van der Waals surface area contributed by atoms with Crippen molar-refractivity contribution in [1.82, 2.24) is 9.80 Å². The molecule has 0 aromatic heterocycles. The summed E-state index contributed by atoms with van der Waals surface area (Å²) in [4.78, 5) is 16.0. The Bertz CT molecular complexity index is 345. The lowest BCUT2D eigenvalue weighted by Crippen LogP contribution is -2.41. The summed E-state index contributed by atoms with van der Waals surface area (Å²) in [5, 5.41) is 0. The van der Waals surface area contributed by atoms with Crippen LogP contribution in [0.25, 0.3) is 0 Å². The minimum absolute atomic E-state index is 0.127. The Labute approximate surface area is 110 Å². The van der Waals surface area contributed by atoms with Crippen molar-refractivity contribution in [1.29, 1.82) is 0 Å². The summed E-state index contributed by atoms with van der Waals surface area (Å²) < 4.78 is 0. The van der Waals surface area contributed by atoms with Crippen LogP contribution >= 0.6 is 0 Å². The van der Waals surface area contributed by atoms with E-state index in [1.807, 2.05) is 42.3 Å². The van der Waals surface area contributed by atoms with Crippen LogP contribution in [-0.2, 0) is 6.54 Å². The lowest BCUT2D eigenvalue weighted by molar-refractivity contribution is 0.160. The molecule has 3 heteroatoms. The molecule has 0 aliphatic rings. The van der Waals surface area contributed by atoms with Gasteiger partial charge in [-0.2, -0.15) is 0 Å². The Morgan fingerprint density at radius 3 is 2.11 bits per heavy atom. The van der Waals surface area contributed by atoms with Gasteiger partial charge in [0.25, 0.3) is 0 Å². The second-order valence-corrected chi connectivity index (χ2v) is 4.61. The molecule has 0 atom stereocenters. The van der Waals surface area contributed by atoms with Gasteiger partial charge >= 0.3 is 6.03 Å². The average molecular weight is 248 g/mol. The first-order chi connectivity index (χ1) is 8.69. The van der Waals surface area contributed by atoms with E-state index in [1.165, 1.54) is 5.56 Å². The fourth-order valence-corrected chi connectivity index (χ4v) is 2.01. The van der Waals surface area contributed by atoms with Crippen LogP contribution in [0.3, 0.4) is 0 Å². The highest BCUT2D eigenvalue weighted by Crippen LogP contribution is 2.06. The van der Waals surface area contributed by atoms with Crippen molar-refractivity contribution in [3.05, 3.63) is 35.9 Å². The Kier molecular flexibility index (Phi) is 6.26. The van der Waals surface area contributed by atoms with Crippen LogP contribution in [-0.4, -0.2) is 36.0 Å². The molecule has 18 heavy (non-hydrogen) atoms. The quantitative estimate of drug-likeness (QED) is 0.757. The van der Waals surface area contributed by atoms with E-state index >= 15 is 0 Å². The molecule has 0 unspecified atom stereocenters. The lowest BCUT2D eigenvalue weighted by Gasteiger charge is -2.27. The second-order valence-electron chi connectivity index (χ2n) is 4.61. The maximum absolute atomic E-state index is 12.3. The van der Waals surface area contributed by atoms with Crippen molar-refractivity contribution in [2.75, 3.05) is 20.1 Å². The molecule has 0 aliphatic carbocycles. The predicted octanol–water partition coefficient (Wildman–Crippen LogP) is 3.36. The highest BCUT2D eigenvalue weighted by Gasteiger charge is 2.16. The van der Waals surface area contributed by atoms with Gasteiger partial charge < -0.3 is 9.80 Å². The third-order valence-corrected chi connectivity index (χ3v) is 2.85. The van der Waals surface area contributed by atoms with Crippen LogP contribution < -0.4 is 0 Å². The highest BCUT2D eigenvalue weighted by molar-refractivity contribution is 5.74. The normalized spacial score (nSPS) is 10.2. The van der Waals surface area contributed by atoms with Crippen molar-refractivity contribution in [3.8, 4) is 0 Å². The van der Waals surface area contributed by atoms with Gasteiger partial charge in [0.15, 0.2) is 0 Å². The first-order valence-corrected chi connectivity index (χ1v) is 6.73. The van der Waals surface area contributed by atoms with Crippen LogP contribution in [0.5, 0.6) is 0 Å². The largest absolute Gasteiger partial charge is 0.325 e. The zero-order valence-corrected chi connectivity index (χ0v) is 11.7. The first-order valence-electron chi connectivity index (χ1n) is 6.73. The minimum Gasteiger partial charge on any atom is -0.325 e. The van der Waals surface area contributed by atoms with E-state index in [2.05, 4.69) is 13.8 Å². The standard InChI is InChI=1S/C15H24N2O/c1-4-11-17(12-5-2)15(18)16(3)13-14-9-7-6-8-10-14/h6-10H,4-5,11-13H2,1-3H3. The number of hydrogen-bond donors (Lipinski definition) is 0. The van der Waals surface area contributed by atoms with Crippen molar-refractivity contribution in [2.24, 2.45) is 0 Å². The summed E-state index contributed by atoms with van der Waals surface area (Å²) >= 11 is 0. The zero-order valence-electron chi connectivity index (χ0n) is 11.7. The molecule has 0 N–H and O–H groups in total. The topological polar surface area (TPSA) is 23.6 Å². The van der Waals surface area contributed by atoms with E-state index in [9.17, 15) is 4.79 Å². The molecule has 0 heterocycles. The maximum atomic E-state index is 12.3. The number of hydrogen-bond acceptors (Lipinski definition) is 1. The van der Waals surface area contributed by atoms with Crippen LogP contribution in [0, 0.1) is 0 Å². The Balaban J connectivity index is 2.58. The van der Waals surface area contributed by atoms with E-state index in [0.29, 0.717) is 6.54 Å². The minimum atomic E-state index is 0.127. The number of rotatable bonds is 6. The molecule has 1 aromatic carbocycles. The summed E-state index contributed by atoms with van der Waals surface area (Å²) in [7, 11) is 1.87. The molecule has 0 saturated heterocycles. The third-order valence-electron chi connectivity index (χ3n) is 2.85. The molecule has 0 radical (unpaired) electrons. The second kappa shape index (κ2) is 7.75. The van der Waals surface area contributed by atoms with Gasteiger partial charge in [0, 0.05) is 26.7 Å².